The zero-order valence-corrected chi connectivity index (χ0v) is 7.33. The van der Waals surface area contributed by atoms with Crippen molar-refractivity contribution in [2.24, 2.45) is 0 Å². The van der Waals surface area contributed by atoms with Gasteiger partial charge in [0, 0.05) is 12.1 Å². The minimum atomic E-state index is -0.751. The predicted molar refractivity (Wildman–Crippen MR) is 45.4 cm³/mol. The first-order chi connectivity index (χ1) is 6.72. The Bertz CT molecular complexity index is 377. The predicted octanol–water partition coefficient (Wildman–Crippen LogP) is 1.22. The molecule has 1 amide bonds. The van der Waals surface area contributed by atoms with Crippen LogP contribution in [-0.4, -0.2) is 16.1 Å². The normalized spacial score (nSPS) is 15.3. The summed E-state index contributed by atoms with van der Waals surface area (Å²) in [6.07, 6.45) is 3.17. The van der Waals surface area contributed by atoms with E-state index in [0.717, 1.165) is 18.9 Å². The van der Waals surface area contributed by atoms with Crippen LogP contribution in [0.4, 0.5) is 4.39 Å². The van der Waals surface area contributed by atoms with E-state index in [0.29, 0.717) is 5.69 Å². The Morgan fingerprint density at radius 1 is 1.64 bits per heavy atom. The zero-order valence-electron chi connectivity index (χ0n) is 7.33. The molecule has 14 heavy (non-hydrogen) atoms. The van der Waals surface area contributed by atoms with Crippen LogP contribution in [0.5, 0.6) is 0 Å². The lowest BCUT2D eigenvalue weighted by molar-refractivity contribution is 0.0705. The lowest BCUT2D eigenvalue weighted by Crippen LogP contribution is -2.19. The molecule has 2 rings (SSSR count). The molecule has 1 fully saturated rings. The van der Waals surface area contributed by atoms with Crippen molar-refractivity contribution in [1.29, 1.82) is 0 Å². The van der Waals surface area contributed by atoms with Crippen LogP contribution in [0.3, 0.4) is 0 Å². The summed E-state index contributed by atoms with van der Waals surface area (Å²) in [5.41, 5.74) is 1.87. The van der Waals surface area contributed by atoms with Crippen molar-refractivity contribution in [1.82, 2.24) is 10.5 Å². The van der Waals surface area contributed by atoms with E-state index in [9.17, 15) is 9.18 Å². The second kappa shape index (κ2) is 3.34. The van der Waals surface area contributed by atoms with E-state index in [2.05, 4.69) is 4.98 Å². The average molecular weight is 196 g/mol. The van der Waals surface area contributed by atoms with Crippen molar-refractivity contribution < 1.29 is 14.4 Å². The summed E-state index contributed by atoms with van der Waals surface area (Å²) in [5.74, 6) is -1.02. The van der Waals surface area contributed by atoms with Crippen LogP contribution >= 0.6 is 0 Å². The smallest absolute Gasteiger partial charge is 0.276 e. The highest BCUT2D eigenvalue weighted by molar-refractivity contribution is 5.92. The Kier molecular flexibility index (Phi) is 2.17. The highest BCUT2D eigenvalue weighted by atomic mass is 19.1. The van der Waals surface area contributed by atoms with E-state index >= 15 is 0 Å². The van der Waals surface area contributed by atoms with Gasteiger partial charge >= 0.3 is 0 Å². The molecule has 1 heterocycles. The monoisotopic (exact) mass is 196 g/mol. The van der Waals surface area contributed by atoms with Gasteiger partial charge in [-0.1, -0.05) is 0 Å². The summed E-state index contributed by atoms with van der Waals surface area (Å²) in [6, 6.07) is 1.09. The van der Waals surface area contributed by atoms with Crippen LogP contribution < -0.4 is 5.48 Å². The number of carbonyl (C=O) groups is 1. The Labute approximate surface area is 79.7 Å². The molecule has 0 radical (unpaired) electrons. The van der Waals surface area contributed by atoms with E-state index in [1.165, 1.54) is 11.7 Å². The number of rotatable bonds is 2. The summed E-state index contributed by atoms with van der Waals surface area (Å²) in [5, 5.41) is 8.32. The fourth-order valence-electron chi connectivity index (χ4n) is 1.29. The van der Waals surface area contributed by atoms with Gasteiger partial charge in [0.25, 0.3) is 5.91 Å². The molecule has 1 aliphatic carbocycles. The third-order valence-electron chi connectivity index (χ3n) is 2.20. The Morgan fingerprint density at radius 2 is 2.36 bits per heavy atom. The summed E-state index contributed by atoms with van der Waals surface area (Å²) < 4.78 is 13.3. The molecule has 1 saturated carbocycles. The standard InChI is InChI=1S/C9H9FN2O2/c10-7-3-6(9(13)12-14)4-11-8(7)5-1-2-5/h3-5,14H,1-2H2,(H,12,13). The Hall–Kier alpha value is -1.49. The molecule has 74 valence electrons. The highest BCUT2D eigenvalue weighted by Gasteiger charge is 2.28. The summed E-state index contributed by atoms with van der Waals surface area (Å²) in [7, 11) is 0. The SMILES string of the molecule is O=C(NO)c1cnc(C2CC2)c(F)c1. The topological polar surface area (TPSA) is 62.2 Å². The van der Waals surface area contributed by atoms with Gasteiger partial charge in [0.1, 0.15) is 5.82 Å². The van der Waals surface area contributed by atoms with Crippen molar-refractivity contribution >= 4 is 5.91 Å². The quantitative estimate of drug-likeness (QED) is 0.552. The van der Waals surface area contributed by atoms with Gasteiger partial charge in [-0.15, -0.1) is 0 Å². The molecule has 1 aromatic heterocycles. The van der Waals surface area contributed by atoms with Gasteiger partial charge in [-0.3, -0.25) is 15.0 Å². The number of hydroxylamine groups is 1. The number of hydrogen-bond acceptors (Lipinski definition) is 3. The highest BCUT2D eigenvalue weighted by Crippen LogP contribution is 2.39. The number of aromatic nitrogens is 1. The first-order valence-corrected chi connectivity index (χ1v) is 4.32. The molecule has 0 atom stereocenters. The van der Waals surface area contributed by atoms with E-state index in [1.807, 2.05) is 0 Å². The maximum atomic E-state index is 13.3. The van der Waals surface area contributed by atoms with Crippen LogP contribution in [0.15, 0.2) is 12.3 Å². The van der Waals surface area contributed by atoms with Gasteiger partial charge in [-0.2, -0.15) is 0 Å². The lowest BCUT2D eigenvalue weighted by atomic mass is 10.2. The number of halogens is 1. The molecule has 4 nitrogen and oxygen atoms in total. The van der Waals surface area contributed by atoms with Crippen molar-refractivity contribution in [2.45, 2.75) is 18.8 Å². The van der Waals surface area contributed by atoms with E-state index < -0.39 is 11.7 Å². The number of pyridine rings is 1. The maximum absolute atomic E-state index is 13.3. The second-order valence-corrected chi connectivity index (χ2v) is 3.31. The fraction of sp³-hybridized carbons (Fsp3) is 0.333. The maximum Gasteiger partial charge on any atom is 0.276 e. The molecule has 0 aromatic carbocycles. The van der Waals surface area contributed by atoms with Gasteiger partial charge < -0.3 is 0 Å². The number of amides is 1. The molecular weight excluding hydrogens is 187 g/mol. The molecule has 5 heteroatoms. The van der Waals surface area contributed by atoms with Gasteiger partial charge in [-0.05, 0) is 18.9 Å². The molecule has 0 saturated heterocycles. The van der Waals surface area contributed by atoms with Crippen molar-refractivity contribution in [3.8, 4) is 0 Å². The summed E-state index contributed by atoms with van der Waals surface area (Å²) in [6.45, 7) is 0. The van der Waals surface area contributed by atoms with Gasteiger partial charge in [0.2, 0.25) is 0 Å². The van der Waals surface area contributed by atoms with Crippen LogP contribution in [-0.2, 0) is 0 Å². The fourth-order valence-corrected chi connectivity index (χ4v) is 1.29. The Morgan fingerprint density at radius 3 is 2.86 bits per heavy atom. The number of nitrogens with zero attached hydrogens (tertiary/aromatic N) is 1. The van der Waals surface area contributed by atoms with Crippen LogP contribution in [0.25, 0.3) is 0 Å². The summed E-state index contributed by atoms with van der Waals surface area (Å²) >= 11 is 0. The molecule has 1 aliphatic rings. The van der Waals surface area contributed by atoms with Crippen LogP contribution in [0.2, 0.25) is 0 Å². The van der Waals surface area contributed by atoms with Crippen molar-refractivity contribution in [3.63, 3.8) is 0 Å². The third-order valence-corrected chi connectivity index (χ3v) is 2.20. The van der Waals surface area contributed by atoms with Crippen LogP contribution in [0.1, 0.15) is 34.8 Å². The molecule has 0 bridgehead atoms. The third kappa shape index (κ3) is 1.58. The number of hydrogen-bond donors (Lipinski definition) is 2. The van der Waals surface area contributed by atoms with E-state index in [4.69, 9.17) is 5.21 Å². The molecule has 1 aromatic rings. The first kappa shape index (κ1) is 9.08. The van der Waals surface area contributed by atoms with Gasteiger partial charge in [0.15, 0.2) is 0 Å². The van der Waals surface area contributed by atoms with Gasteiger partial charge in [0.05, 0.1) is 11.3 Å². The summed E-state index contributed by atoms with van der Waals surface area (Å²) in [4.78, 5) is 14.8. The minimum Gasteiger partial charge on any atom is -0.288 e. The van der Waals surface area contributed by atoms with E-state index in [-0.39, 0.29) is 11.5 Å². The van der Waals surface area contributed by atoms with E-state index in [1.54, 1.807) is 0 Å². The second-order valence-electron chi connectivity index (χ2n) is 3.31. The molecule has 2 N–H and O–H groups in total. The molecule has 0 unspecified atom stereocenters. The molecular formula is C9H9FN2O2. The lowest BCUT2D eigenvalue weighted by Gasteiger charge is -2.02. The van der Waals surface area contributed by atoms with Crippen molar-refractivity contribution in [2.75, 3.05) is 0 Å². The molecule has 0 aliphatic heterocycles. The van der Waals surface area contributed by atoms with Crippen molar-refractivity contribution in [3.05, 3.63) is 29.3 Å². The first-order valence-electron chi connectivity index (χ1n) is 4.32. The molecule has 0 spiro atoms. The average Bonchev–Trinajstić information content (AvgIpc) is 3.00. The van der Waals surface area contributed by atoms with Crippen LogP contribution in [0, 0.1) is 5.82 Å². The number of nitrogens with one attached hydrogen (secondary N) is 1. The van der Waals surface area contributed by atoms with Gasteiger partial charge in [-0.25, -0.2) is 9.87 Å². The minimum absolute atomic E-state index is 0.0226. The number of carbonyl (C=O) groups excluding carboxylic acids is 1. The zero-order chi connectivity index (χ0) is 10.1. The largest absolute Gasteiger partial charge is 0.288 e. The Balaban J connectivity index is 2.30.